The maximum Gasteiger partial charge on any atom is 0.341 e. The average molecular weight is 476 g/mol. The second kappa shape index (κ2) is 11.0. The number of aliphatic hydroxyl groups is 7. The van der Waals surface area contributed by atoms with Gasteiger partial charge in [-0.15, -0.1) is 0 Å². The monoisotopic (exact) mass is 476 g/mol. The van der Waals surface area contributed by atoms with Crippen LogP contribution in [-0.2, 0) is 18.9 Å². The first-order chi connectivity index (χ1) is 15.7. The molecular weight excluding hydrogens is 448 g/mol. The molecule has 7 N–H and O–H groups in total. The van der Waals surface area contributed by atoms with E-state index in [1.165, 1.54) is 19.2 Å². The number of benzene rings is 1. The van der Waals surface area contributed by atoms with Crippen molar-refractivity contribution in [2.24, 2.45) is 0 Å². The fraction of sp³-hybridized carbons (Fsp3) is 0.650. The van der Waals surface area contributed by atoms with Gasteiger partial charge >= 0.3 is 5.97 Å². The Bertz CT molecular complexity index is 789. The molecule has 2 fully saturated rings. The second-order valence-corrected chi connectivity index (χ2v) is 7.61. The summed E-state index contributed by atoms with van der Waals surface area (Å²) >= 11 is 0. The first kappa shape index (κ1) is 25.7. The lowest BCUT2D eigenvalue weighted by molar-refractivity contribution is -0.357. The number of hydrogen-bond donors (Lipinski definition) is 7. The molecule has 2 heterocycles. The third-order valence-corrected chi connectivity index (χ3v) is 5.50. The third kappa shape index (κ3) is 5.27. The summed E-state index contributed by atoms with van der Waals surface area (Å²) in [6.45, 7) is -1.40. The van der Waals surface area contributed by atoms with Crippen molar-refractivity contribution in [2.45, 2.75) is 61.4 Å². The lowest BCUT2D eigenvalue weighted by Gasteiger charge is -2.45. The van der Waals surface area contributed by atoms with Crippen LogP contribution in [0.5, 0.6) is 5.75 Å². The summed E-state index contributed by atoms with van der Waals surface area (Å²) in [6.07, 6.45) is -15.9. The fourth-order valence-corrected chi connectivity index (χ4v) is 3.60. The van der Waals surface area contributed by atoms with Crippen molar-refractivity contribution in [1.29, 1.82) is 0 Å². The van der Waals surface area contributed by atoms with Gasteiger partial charge in [-0.25, -0.2) is 4.79 Å². The molecule has 0 aliphatic carbocycles. The number of ether oxygens (including phenoxy) is 5. The molecule has 2 aliphatic heterocycles. The van der Waals surface area contributed by atoms with E-state index in [9.17, 15) is 40.5 Å². The van der Waals surface area contributed by atoms with E-state index in [-0.39, 0.29) is 11.3 Å². The average Bonchev–Trinajstić information content (AvgIpc) is 2.83. The van der Waals surface area contributed by atoms with Crippen molar-refractivity contribution in [2.75, 3.05) is 20.3 Å². The van der Waals surface area contributed by atoms with E-state index in [0.717, 1.165) is 0 Å². The van der Waals surface area contributed by atoms with Gasteiger partial charge in [-0.05, 0) is 12.1 Å². The van der Waals surface area contributed by atoms with Crippen LogP contribution in [0, 0.1) is 0 Å². The summed E-state index contributed by atoms with van der Waals surface area (Å²) < 4.78 is 26.8. The molecule has 1 aromatic carbocycles. The number of aliphatic hydroxyl groups excluding tert-OH is 7. The minimum atomic E-state index is -1.80. The summed E-state index contributed by atoms with van der Waals surface area (Å²) in [5.41, 5.74) is 0.0105. The van der Waals surface area contributed by atoms with Crippen molar-refractivity contribution < 1.29 is 64.2 Å². The highest BCUT2D eigenvalue weighted by Gasteiger charge is 2.51. The van der Waals surface area contributed by atoms with Crippen LogP contribution >= 0.6 is 0 Å². The molecule has 1 aromatic rings. The van der Waals surface area contributed by atoms with E-state index < -0.39 is 80.6 Å². The summed E-state index contributed by atoms with van der Waals surface area (Å²) in [5, 5.41) is 70.0. The molecule has 0 aromatic heterocycles. The third-order valence-electron chi connectivity index (χ3n) is 5.50. The first-order valence-electron chi connectivity index (χ1n) is 10.2. The van der Waals surface area contributed by atoms with Crippen LogP contribution < -0.4 is 4.74 Å². The quantitative estimate of drug-likeness (QED) is 0.191. The number of hydrogen-bond acceptors (Lipinski definition) is 13. The minimum Gasteiger partial charge on any atom is -0.465 e. The zero-order chi connectivity index (χ0) is 24.3. The highest BCUT2D eigenvalue weighted by molar-refractivity contribution is 5.92. The molecule has 186 valence electrons. The Labute approximate surface area is 188 Å². The minimum absolute atomic E-state index is 0.0105. The normalized spacial score (nSPS) is 39.2. The van der Waals surface area contributed by atoms with Crippen LogP contribution in [0.25, 0.3) is 0 Å². The Morgan fingerprint density at radius 2 is 1.42 bits per heavy atom. The molecule has 0 unspecified atom stereocenters. The Hall–Kier alpha value is -1.91. The summed E-state index contributed by atoms with van der Waals surface area (Å²) in [7, 11) is 1.17. The first-order valence-corrected chi connectivity index (χ1v) is 10.2. The van der Waals surface area contributed by atoms with Crippen LogP contribution in [-0.4, -0.2) is 123 Å². The van der Waals surface area contributed by atoms with Crippen LogP contribution in [0.15, 0.2) is 24.3 Å². The lowest BCUT2D eigenvalue weighted by Crippen LogP contribution is -2.65. The second-order valence-electron chi connectivity index (χ2n) is 7.61. The van der Waals surface area contributed by atoms with Crippen molar-refractivity contribution in [1.82, 2.24) is 0 Å². The maximum absolute atomic E-state index is 12.1. The zero-order valence-corrected chi connectivity index (χ0v) is 17.6. The fourth-order valence-electron chi connectivity index (χ4n) is 3.60. The van der Waals surface area contributed by atoms with Gasteiger partial charge in [0, 0.05) is 0 Å². The molecule has 0 amide bonds. The van der Waals surface area contributed by atoms with Gasteiger partial charge in [0.25, 0.3) is 0 Å². The molecule has 0 spiro atoms. The van der Waals surface area contributed by atoms with E-state index in [2.05, 4.69) is 0 Å². The Kier molecular flexibility index (Phi) is 8.58. The van der Waals surface area contributed by atoms with Crippen LogP contribution in [0.3, 0.4) is 0 Å². The predicted molar refractivity (Wildman–Crippen MR) is 105 cm³/mol. The molecule has 0 saturated carbocycles. The van der Waals surface area contributed by atoms with Gasteiger partial charge < -0.3 is 59.4 Å². The number of methoxy groups -OCH3 is 1. The highest BCUT2D eigenvalue weighted by Crippen LogP contribution is 2.31. The number of esters is 1. The van der Waals surface area contributed by atoms with Crippen molar-refractivity contribution in [3.63, 3.8) is 0 Å². The Balaban J connectivity index is 1.88. The van der Waals surface area contributed by atoms with Gasteiger partial charge in [0.05, 0.1) is 20.3 Å². The molecule has 0 radical (unpaired) electrons. The maximum atomic E-state index is 12.1. The highest BCUT2D eigenvalue weighted by atomic mass is 16.8. The summed E-state index contributed by atoms with van der Waals surface area (Å²) in [6, 6.07) is 5.92. The number of carbonyl (C=O) groups is 1. The van der Waals surface area contributed by atoms with E-state index in [1.54, 1.807) is 12.1 Å². The van der Waals surface area contributed by atoms with Gasteiger partial charge in [0.2, 0.25) is 6.29 Å². The van der Waals surface area contributed by atoms with Gasteiger partial charge in [-0.1, -0.05) is 12.1 Å². The molecule has 33 heavy (non-hydrogen) atoms. The lowest BCUT2D eigenvalue weighted by atomic mass is 9.97. The zero-order valence-electron chi connectivity index (χ0n) is 17.6. The molecule has 13 nitrogen and oxygen atoms in total. The van der Waals surface area contributed by atoms with Gasteiger partial charge in [0.1, 0.15) is 54.0 Å². The Morgan fingerprint density at radius 1 is 0.848 bits per heavy atom. The Morgan fingerprint density at radius 3 is 2.03 bits per heavy atom. The molecular formula is C20H28O13. The number of rotatable bonds is 7. The van der Waals surface area contributed by atoms with Crippen LogP contribution in [0.2, 0.25) is 0 Å². The van der Waals surface area contributed by atoms with Crippen LogP contribution in [0.4, 0.5) is 0 Å². The van der Waals surface area contributed by atoms with Crippen LogP contribution in [0.1, 0.15) is 10.4 Å². The molecule has 2 aliphatic rings. The molecule has 3 rings (SSSR count). The van der Waals surface area contributed by atoms with Crippen molar-refractivity contribution >= 4 is 5.97 Å². The standard InChI is InChI=1S/C20H28O13/c1-29-18(28)8-4-2-3-5-9(8)30-20-17(15(26)13(24)11(7-22)32-20)33-19-16(27)14(25)12(23)10(6-21)31-19/h2-5,10-17,19-27H,6-7H2,1H3/t10-,11-,12+,13+,14+,15+,16+,17-,19-,20+/m0/s1. The molecule has 2 saturated heterocycles. The SMILES string of the molecule is COC(=O)c1ccccc1O[C@@H]1O[C@@H](CO)[C@@H](O)[C@@H](O)[C@@H]1O[C@@H]1O[C@@H](CO)[C@@H](O)[C@@H](O)[C@H]1O. The summed E-state index contributed by atoms with van der Waals surface area (Å²) in [5.74, 6) is -0.760. The number of para-hydroxylation sites is 1. The van der Waals surface area contributed by atoms with Gasteiger partial charge in [-0.2, -0.15) is 0 Å². The van der Waals surface area contributed by atoms with Crippen molar-refractivity contribution in [3.05, 3.63) is 29.8 Å². The van der Waals surface area contributed by atoms with E-state index in [0.29, 0.717) is 0 Å². The molecule has 10 atom stereocenters. The van der Waals surface area contributed by atoms with E-state index >= 15 is 0 Å². The van der Waals surface area contributed by atoms with E-state index in [1.807, 2.05) is 0 Å². The van der Waals surface area contributed by atoms with Crippen molar-refractivity contribution in [3.8, 4) is 5.75 Å². The predicted octanol–water partition coefficient (Wildman–Crippen LogP) is -3.52. The summed E-state index contributed by atoms with van der Waals surface area (Å²) in [4.78, 5) is 12.1. The topological polar surface area (TPSA) is 205 Å². The smallest absolute Gasteiger partial charge is 0.341 e. The number of carbonyl (C=O) groups excluding carboxylic acids is 1. The van der Waals surface area contributed by atoms with Gasteiger partial charge in [0.15, 0.2) is 12.4 Å². The van der Waals surface area contributed by atoms with E-state index in [4.69, 9.17) is 23.7 Å². The molecule has 13 heteroatoms. The van der Waals surface area contributed by atoms with Gasteiger partial charge in [-0.3, -0.25) is 0 Å². The largest absolute Gasteiger partial charge is 0.465 e. The molecule has 0 bridgehead atoms.